The van der Waals surface area contributed by atoms with Gasteiger partial charge >= 0.3 is 0 Å². The second-order valence-corrected chi connectivity index (χ2v) is 15.3. The van der Waals surface area contributed by atoms with E-state index in [1.807, 2.05) is 0 Å². The molecule has 0 spiro atoms. The monoisotopic (exact) mass is 740 g/mol. The van der Waals surface area contributed by atoms with Gasteiger partial charge in [0.05, 0.1) is 17.1 Å². The van der Waals surface area contributed by atoms with Gasteiger partial charge in [0.2, 0.25) is 0 Å². The number of para-hydroxylation sites is 2. The first-order valence-corrected chi connectivity index (χ1v) is 20.2. The largest absolute Gasteiger partial charge is 0.334 e. The lowest BCUT2D eigenvalue weighted by atomic mass is 9.94. The van der Waals surface area contributed by atoms with Crippen LogP contribution in [-0.2, 0) is 0 Å². The second-order valence-electron chi connectivity index (χ2n) is 15.3. The Kier molecular flexibility index (Phi) is 8.33. The van der Waals surface area contributed by atoms with E-state index in [0.29, 0.717) is 0 Å². The molecule has 58 heavy (non-hydrogen) atoms. The van der Waals surface area contributed by atoms with E-state index < -0.39 is 0 Å². The van der Waals surface area contributed by atoms with Gasteiger partial charge in [-0.3, -0.25) is 0 Å². The van der Waals surface area contributed by atoms with Crippen LogP contribution in [0.4, 0.5) is 11.4 Å². The van der Waals surface area contributed by atoms with Crippen molar-refractivity contribution in [2.75, 3.05) is 4.90 Å². The van der Waals surface area contributed by atoms with Crippen LogP contribution < -0.4 is 4.90 Å². The van der Waals surface area contributed by atoms with Crippen molar-refractivity contribution in [2.45, 2.75) is 12.5 Å². The molecule has 1 unspecified atom stereocenters. The molecule has 1 aliphatic rings. The Morgan fingerprint density at radius 1 is 0.431 bits per heavy atom. The van der Waals surface area contributed by atoms with Crippen molar-refractivity contribution >= 4 is 60.3 Å². The number of nitrogens with zero attached hydrogens (tertiary/aromatic N) is 2. The van der Waals surface area contributed by atoms with Crippen molar-refractivity contribution in [3.8, 4) is 27.9 Å². The molecule has 10 aromatic rings. The molecule has 1 heterocycles. The van der Waals surface area contributed by atoms with E-state index in [9.17, 15) is 0 Å². The topological polar surface area (TPSA) is 8.17 Å². The van der Waals surface area contributed by atoms with Crippen molar-refractivity contribution in [1.82, 2.24) is 4.57 Å². The molecule has 1 atom stereocenters. The van der Waals surface area contributed by atoms with Gasteiger partial charge < -0.3 is 9.47 Å². The highest BCUT2D eigenvalue weighted by Crippen LogP contribution is 2.42. The van der Waals surface area contributed by atoms with Gasteiger partial charge in [-0.05, 0) is 111 Å². The Hall–Kier alpha value is -7.42. The maximum atomic E-state index is 2.47. The summed E-state index contributed by atoms with van der Waals surface area (Å²) in [4.78, 5) is 2.47. The van der Waals surface area contributed by atoms with Crippen LogP contribution in [0.25, 0.3) is 76.9 Å². The first-order chi connectivity index (χ1) is 28.8. The number of fused-ring (bicyclic) bond motifs is 6. The van der Waals surface area contributed by atoms with Gasteiger partial charge in [-0.2, -0.15) is 0 Å². The number of rotatable bonds is 7. The average Bonchev–Trinajstić information content (AvgIpc) is 3.64. The number of hydrogen-bond acceptors (Lipinski definition) is 1. The number of anilines is 2. The molecule has 0 radical (unpaired) electrons. The quantitative estimate of drug-likeness (QED) is 0.158. The molecule has 0 saturated heterocycles. The summed E-state index contributed by atoms with van der Waals surface area (Å²) in [5.74, 6) is 0. The third kappa shape index (κ3) is 5.90. The third-order valence-electron chi connectivity index (χ3n) is 11.9. The van der Waals surface area contributed by atoms with Gasteiger partial charge in [-0.15, -0.1) is 0 Å². The van der Waals surface area contributed by atoms with E-state index >= 15 is 0 Å². The summed E-state index contributed by atoms with van der Waals surface area (Å²) in [6.45, 7) is 0. The fourth-order valence-corrected chi connectivity index (χ4v) is 9.07. The molecule has 0 N–H and O–H groups in total. The molecule has 1 aromatic heterocycles. The van der Waals surface area contributed by atoms with Crippen molar-refractivity contribution in [2.24, 2.45) is 0 Å². The van der Waals surface area contributed by atoms with Gasteiger partial charge in [0.15, 0.2) is 0 Å². The zero-order chi connectivity index (χ0) is 38.4. The van der Waals surface area contributed by atoms with Gasteiger partial charge in [0, 0.05) is 33.2 Å². The molecule has 1 aliphatic carbocycles. The minimum Gasteiger partial charge on any atom is -0.334 e. The summed E-state index contributed by atoms with van der Waals surface area (Å²) in [5.41, 5.74) is 13.4. The van der Waals surface area contributed by atoms with Crippen LogP contribution in [0.5, 0.6) is 0 Å². The molecule has 11 rings (SSSR count). The number of allylic oxidation sites excluding steroid dienone is 2. The lowest BCUT2D eigenvalue weighted by Crippen LogP contribution is -2.30. The Morgan fingerprint density at radius 2 is 1.03 bits per heavy atom. The first-order valence-electron chi connectivity index (χ1n) is 20.2. The zero-order valence-corrected chi connectivity index (χ0v) is 32.0. The van der Waals surface area contributed by atoms with Crippen LogP contribution in [0.3, 0.4) is 0 Å². The fraction of sp³-hybridized carbons (Fsp3) is 0.0357. The van der Waals surface area contributed by atoms with Crippen LogP contribution in [0, 0.1) is 0 Å². The fourth-order valence-electron chi connectivity index (χ4n) is 9.07. The number of benzene rings is 9. The van der Waals surface area contributed by atoms with Gasteiger partial charge in [-0.1, -0.05) is 170 Å². The summed E-state index contributed by atoms with van der Waals surface area (Å²) < 4.78 is 2.45. The number of aromatic nitrogens is 1. The molecule has 2 nitrogen and oxygen atoms in total. The van der Waals surface area contributed by atoms with Gasteiger partial charge in [0.25, 0.3) is 0 Å². The molecule has 2 heteroatoms. The van der Waals surface area contributed by atoms with Gasteiger partial charge in [-0.25, -0.2) is 0 Å². The highest BCUT2D eigenvalue weighted by molar-refractivity contribution is 6.22. The summed E-state index contributed by atoms with van der Waals surface area (Å²) >= 11 is 0. The lowest BCUT2D eigenvalue weighted by Gasteiger charge is -2.33. The van der Waals surface area contributed by atoms with Crippen molar-refractivity contribution < 1.29 is 0 Å². The van der Waals surface area contributed by atoms with Crippen LogP contribution in [0.15, 0.2) is 224 Å². The molecule has 0 aliphatic heterocycles. The van der Waals surface area contributed by atoms with E-state index in [4.69, 9.17) is 0 Å². The summed E-state index contributed by atoms with van der Waals surface area (Å²) in [5, 5.41) is 7.59. The Labute approximate surface area is 338 Å². The standard InChI is InChI=1S/C56H40N2/c1-3-14-43(15-4-1)53-38-54-51-20-11-12-22-55(51)58(56(54)52-21-10-9-19-50(52)53)49-35-27-41(28-36-49)40-25-31-47(32-26-40)57(46-17-5-2-6-18-46)48-33-29-42(30-34-48)45-24-23-39-13-7-8-16-44(39)37-45/h1-33,35-38,48H,34H2. The molecule has 0 bridgehead atoms. The Morgan fingerprint density at radius 3 is 1.78 bits per heavy atom. The minimum absolute atomic E-state index is 0.197. The minimum atomic E-state index is 0.197. The summed E-state index contributed by atoms with van der Waals surface area (Å²) in [7, 11) is 0. The third-order valence-corrected chi connectivity index (χ3v) is 11.9. The maximum Gasteiger partial charge on any atom is 0.0619 e. The van der Waals surface area contributed by atoms with Crippen molar-refractivity contribution in [3.63, 3.8) is 0 Å². The lowest BCUT2D eigenvalue weighted by molar-refractivity contribution is 0.787. The number of hydrogen-bond donors (Lipinski definition) is 0. The highest BCUT2D eigenvalue weighted by Gasteiger charge is 2.22. The second kappa shape index (κ2) is 14.3. The van der Waals surface area contributed by atoms with E-state index in [2.05, 4.69) is 234 Å². The predicted octanol–water partition coefficient (Wildman–Crippen LogP) is 15.0. The van der Waals surface area contributed by atoms with Crippen LogP contribution in [0.1, 0.15) is 12.0 Å². The van der Waals surface area contributed by atoms with E-state index in [-0.39, 0.29) is 6.04 Å². The Bertz CT molecular complexity index is 3170. The predicted molar refractivity (Wildman–Crippen MR) is 247 cm³/mol. The van der Waals surface area contributed by atoms with Crippen LogP contribution in [0.2, 0.25) is 0 Å². The first kappa shape index (κ1) is 33.9. The Balaban J connectivity index is 0.922. The molecular formula is C56H40N2. The molecular weight excluding hydrogens is 701 g/mol. The van der Waals surface area contributed by atoms with Crippen LogP contribution in [-0.4, -0.2) is 10.6 Å². The van der Waals surface area contributed by atoms with E-state index in [1.54, 1.807) is 0 Å². The molecule has 9 aromatic carbocycles. The molecule has 274 valence electrons. The molecule has 0 fully saturated rings. The molecule has 0 saturated carbocycles. The summed E-state index contributed by atoms with van der Waals surface area (Å²) in [6, 6.07) is 75.3. The van der Waals surface area contributed by atoms with E-state index in [0.717, 1.165) is 12.1 Å². The normalized spacial score (nSPS) is 14.0. The molecule has 0 amide bonds. The zero-order valence-electron chi connectivity index (χ0n) is 32.0. The highest BCUT2D eigenvalue weighted by atomic mass is 15.2. The van der Waals surface area contributed by atoms with Crippen molar-refractivity contribution in [1.29, 1.82) is 0 Å². The van der Waals surface area contributed by atoms with Crippen LogP contribution >= 0.6 is 0 Å². The maximum absolute atomic E-state index is 2.47. The SMILES string of the molecule is C1=CC(N(c2ccccc2)c2ccc(-c3ccc(-n4c5ccccc5c5cc(-c6ccccc6)c6ccccc6c54)cc3)cc2)CC=C1c1ccc2ccccc2c1. The average molecular weight is 741 g/mol. The van der Waals surface area contributed by atoms with Gasteiger partial charge in [0.1, 0.15) is 0 Å². The summed E-state index contributed by atoms with van der Waals surface area (Å²) in [6.07, 6.45) is 7.97. The smallest absolute Gasteiger partial charge is 0.0619 e. The van der Waals surface area contributed by atoms with Crippen molar-refractivity contribution in [3.05, 3.63) is 230 Å². The van der Waals surface area contributed by atoms with E-state index in [1.165, 1.54) is 88.1 Å².